The number of aromatic nitrogens is 1. The zero-order chi connectivity index (χ0) is 13.5. The van der Waals surface area contributed by atoms with Crippen LogP contribution in [0.3, 0.4) is 0 Å². The van der Waals surface area contributed by atoms with Crippen molar-refractivity contribution < 1.29 is 13.9 Å². The molecule has 0 bridgehead atoms. The number of ether oxygens (including phenoxy) is 2. The van der Waals surface area contributed by atoms with E-state index in [4.69, 9.17) is 13.9 Å². The van der Waals surface area contributed by atoms with Gasteiger partial charge in [0.05, 0.1) is 5.52 Å². The lowest BCUT2D eigenvalue weighted by atomic mass is 10.0. The van der Waals surface area contributed by atoms with Gasteiger partial charge in [-0.15, -0.1) is 0 Å². The van der Waals surface area contributed by atoms with E-state index in [9.17, 15) is 4.79 Å². The molecule has 20 heavy (non-hydrogen) atoms. The van der Waals surface area contributed by atoms with Gasteiger partial charge in [-0.05, 0) is 35.4 Å². The number of hydrogen-bond acceptors (Lipinski definition) is 4. The summed E-state index contributed by atoms with van der Waals surface area (Å²) in [6.07, 6.45) is 0. The van der Waals surface area contributed by atoms with Crippen molar-refractivity contribution in [2.24, 2.45) is 0 Å². The smallest absolute Gasteiger partial charge is 0.417 e. The molecule has 0 atom stereocenters. The van der Waals surface area contributed by atoms with Gasteiger partial charge in [-0.1, -0.05) is 12.1 Å². The molecule has 0 saturated carbocycles. The Balaban J connectivity index is 1.83. The summed E-state index contributed by atoms with van der Waals surface area (Å²) in [5.41, 5.74) is 3.21. The largest absolute Gasteiger partial charge is 0.486 e. The molecule has 5 heteroatoms. The van der Waals surface area contributed by atoms with Crippen molar-refractivity contribution in [2.75, 3.05) is 13.2 Å². The molecular formula is C15H11NO4. The molecule has 0 spiro atoms. The molecule has 0 aliphatic carbocycles. The maximum atomic E-state index is 11.2. The summed E-state index contributed by atoms with van der Waals surface area (Å²) in [6, 6.07) is 11.4. The minimum Gasteiger partial charge on any atom is -0.486 e. The Hall–Kier alpha value is -2.69. The maximum Gasteiger partial charge on any atom is 0.417 e. The van der Waals surface area contributed by atoms with Crippen molar-refractivity contribution in [3.05, 3.63) is 46.9 Å². The van der Waals surface area contributed by atoms with Gasteiger partial charge in [-0.3, -0.25) is 4.98 Å². The highest BCUT2D eigenvalue weighted by Gasteiger charge is 2.13. The summed E-state index contributed by atoms with van der Waals surface area (Å²) in [7, 11) is 0. The van der Waals surface area contributed by atoms with E-state index in [2.05, 4.69) is 4.98 Å². The van der Waals surface area contributed by atoms with Crippen LogP contribution in [0.25, 0.3) is 22.2 Å². The van der Waals surface area contributed by atoms with Crippen LogP contribution in [0, 0.1) is 0 Å². The highest BCUT2D eigenvalue weighted by molar-refractivity contribution is 5.80. The van der Waals surface area contributed by atoms with Crippen molar-refractivity contribution in [3.8, 4) is 22.6 Å². The van der Waals surface area contributed by atoms with Gasteiger partial charge < -0.3 is 13.9 Å². The molecule has 0 fully saturated rings. The normalized spacial score (nSPS) is 13.6. The van der Waals surface area contributed by atoms with Gasteiger partial charge in [0.15, 0.2) is 17.1 Å². The molecule has 0 unspecified atom stereocenters. The quantitative estimate of drug-likeness (QED) is 0.737. The van der Waals surface area contributed by atoms with Crippen molar-refractivity contribution in [1.82, 2.24) is 4.98 Å². The van der Waals surface area contributed by atoms with E-state index in [0.717, 1.165) is 22.6 Å². The molecular weight excluding hydrogens is 258 g/mol. The molecule has 4 rings (SSSR count). The van der Waals surface area contributed by atoms with Crippen LogP contribution in [0.15, 0.2) is 45.6 Å². The summed E-state index contributed by atoms with van der Waals surface area (Å²) in [5.74, 6) is 1.06. The van der Waals surface area contributed by atoms with Crippen LogP contribution in [0.5, 0.6) is 11.5 Å². The second kappa shape index (κ2) is 4.16. The molecule has 2 aromatic carbocycles. The molecule has 100 valence electrons. The van der Waals surface area contributed by atoms with Gasteiger partial charge in [-0.25, -0.2) is 4.79 Å². The highest BCUT2D eigenvalue weighted by atomic mass is 16.6. The van der Waals surface area contributed by atoms with Gasteiger partial charge in [0, 0.05) is 0 Å². The van der Waals surface area contributed by atoms with Crippen LogP contribution in [-0.2, 0) is 0 Å². The Morgan fingerprint density at radius 2 is 1.65 bits per heavy atom. The third-order valence-electron chi connectivity index (χ3n) is 3.29. The summed E-state index contributed by atoms with van der Waals surface area (Å²) < 4.78 is 16.1. The molecule has 2 heterocycles. The fourth-order valence-electron chi connectivity index (χ4n) is 2.35. The lowest BCUT2D eigenvalue weighted by molar-refractivity contribution is 0.171. The third kappa shape index (κ3) is 1.75. The molecule has 1 aliphatic rings. The van der Waals surface area contributed by atoms with Crippen molar-refractivity contribution in [1.29, 1.82) is 0 Å². The minimum atomic E-state index is -0.445. The number of fused-ring (bicyclic) bond motifs is 2. The summed E-state index contributed by atoms with van der Waals surface area (Å²) >= 11 is 0. The van der Waals surface area contributed by atoms with Gasteiger partial charge in [0.25, 0.3) is 0 Å². The second-order valence-electron chi connectivity index (χ2n) is 4.58. The summed E-state index contributed by atoms with van der Waals surface area (Å²) in [4.78, 5) is 13.8. The number of rotatable bonds is 1. The highest BCUT2D eigenvalue weighted by Crippen LogP contribution is 2.35. The summed E-state index contributed by atoms with van der Waals surface area (Å²) in [6.45, 7) is 1.14. The molecule has 3 aromatic rings. The number of H-pyrrole nitrogens is 1. The molecule has 1 N–H and O–H groups in total. The third-order valence-corrected chi connectivity index (χ3v) is 3.29. The van der Waals surface area contributed by atoms with E-state index in [-0.39, 0.29) is 0 Å². The Bertz CT molecular complexity index is 846. The number of hydrogen-bond donors (Lipinski definition) is 1. The van der Waals surface area contributed by atoms with E-state index in [1.54, 1.807) is 6.07 Å². The maximum absolute atomic E-state index is 11.2. The molecule has 1 aliphatic heterocycles. The average Bonchev–Trinajstić information content (AvgIpc) is 2.85. The first-order valence-electron chi connectivity index (χ1n) is 6.32. The molecule has 1 aromatic heterocycles. The van der Waals surface area contributed by atoms with E-state index in [1.165, 1.54) is 0 Å². The first kappa shape index (κ1) is 11.2. The Kier molecular flexibility index (Phi) is 2.32. The van der Waals surface area contributed by atoms with Crippen LogP contribution in [0.2, 0.25) is 0 Å². The standard InChI is InChI=1S/C15H11NO4/c17-15-16-11-7-9(1-3-12(11)20-15)10-2-4-13-14(8-10)19-6-5-18-13/h1-4,7-8H,5-6H2,(H,16,17). The molecule has 0 saturated heterocycles. The lowest BCUT2D eigenvalue weighted by Crippen LogP contribution is -2.15. The first-order valence-corrected chi connectivity index (χ1v) is 6.32. The van der Waals surface area contributed by atoms with Crippen molar-refractivity contribution in [3.63, 3.8) is 0 Å². The van der Waals surface area contributed by atoms with E-state index in [1.807, 2.05) is 30.3 Å². The van der Waals surface area contributed by atoms with Crippen LogP contribution in [0.1, 0.15) is 0 Å². The Morgan fingerprint density at radius 3 is 2.55 bits per heavy atom. The van der Waals surface area contributed by atoms with E-state index >= 15 is 0 Å². The van der Waals surface area contributed by atoms with Gasteiger partial charge in [0.1, 0.15) is 13.2 Å². The molecule has 0 radical (unpaired) electrons. The van der Waals surface area contributed by atoms with Crippen molar-refractivity contribution in [2.45, 2.75) is 0 Å². The van der Waals surface area contributed by atoms with Crippen LogP contribution >= 0.6 is 0 Å². The van der Waals surface area contributed by atoms with E-state index in [0.29, 0.717) is 24.3 Å². The average molecular weight is 269 g/mol. The monoisotopic (exact) mass is 269 g/mol. The van der Waals surface area contributed by atoms with Crippen LogP contribution in [0.4, 0.5) is 0 Å². The van der Waals surface area contributed by atoms with Gasteiger partial charge >= 0.3 is 5.76 Å². The molecule has 0 amide bonds. The van der Waals surface area contributed by atoms with Crippen LogP contribution in [-0.4, -0.2) is 18.2 Å². The van der Waals surface area contributed by atoms with E-state index < -0.39 is 5.76 Å². The minimum absolute atomic E-state index is 0.445. The van der Waals surface area contributed by atoms with Crippen LogP contribution < -0.4 is 15.2 Å². The predicted octanol–water partition coefficient (Wildman–Crippen LogP) is 2.56. The number of benzene rings is 2. The zero-order valence-corrected chi connectivity index (χ0v) is 10.5. The second-order valence-corrected chi connectivity index (χ2v) is 4.58. The fraction of sp³-hybridized carbons (Fsp3) is 0.133. The Morgan fingerprint density at radius 1 is 0.900 bits per heavy atom. The first-order chi connectivity index (χ1) is 9.79. The summed E-state index contributed by atoms with van der Waals surface area (Å²) in [5, 5.41) is 0. The lowest BCUT2D eigenvalue weighted by Gasteiger charge is -2.18. The SMILES string of the molecule is O=c1[nH]c2cc(-c3ccc4c(c3)OCCO4)ccc2o1. The predicted molar refractivity (Wildman–Crippen MR) is 73.3 cm³/mol. The Labute approximate surface area is 113 Å². The number of aromatic amines is 1. The van der Waals surface area contributed by atoms with Gasteiger partial charge in [0.2, 0.25) is 0 Å². The number of nitrogens with one attached hydrogen (secondary N) is 1. The fourth-order valence-corrected chi connectivity index (χ4v) is 2.35. The zero-order valence-electron chi connectivity index (χ0n) is 10.5. The van der Waals surface area contributed by atoms with Crippen molar-refractivity contribution >= 4 is 11.1 Å². The van der Waals surface area contributed by atoms with Gasteiger partial charge in [-0.2, -0.15) is 0 Å². The topological polar surface area (TPSA) is 64.5 Å². The molecule has 5 nitrogen and oxygen atoms in total. The number of oxazole rings is 1.